The lowest BCUT2D eigenvalue weighted by Gasteiger charge is -2.37. The number of aliphatic imine (C=N–C) groups is 1. The van der Waals surface area contributed by atoms with Crippen LogP contribution in [0.25, 0.3) is 0 Å². The van der Waals surface area contributed by atoms with E-state index in [9.17, 15) is 5.11 Å². The SMILES string of the molecule is NC(=NCC1CCC2(CCOCC2)C1O)Nc1cccc2c1CCCC2. The standard InChI is InChI=1S/C21H31N3O2/c22-20(24-18-7-3-5-15-4-1-2-6-17(15)18)23-14-16-8-9-21(19(16)25)10-12-26-13-11-21/h3,5,7,16,19,25H,1-2,4,6,8-14H2,(H3,22,23,24). The molecule has 1 saturated heterocycles. The third-order valence-corrected chi connectivity index (χ3v) is 6.73. The molecule has 0 aromatic heterocycles. The smallest absolute Gasteiger partial charge is 0.193 e. The van der Waals surface area contributed by atoms with E-state index in [4.69, 9.17) is 10.5 Å². The van der Waals surface area contributed by atoms with Gasteiger partial charge in [0.05, 0.1) is 6.10 Å². The molecule has 2 aliphatic carbocycles. The fourth-order valence-corrected chi connectivity index (χ4v) is 5.08. The van der Waals surface area contributed by atoms with Crippen molar-refractivity contribution in [3.8, 4) is 0 Å². The van der Waals surface area contributed by atoms with Gasteiger partial charge in [-0.2, -0.15) is 0 Å². The van der Waals surface area contributed by atoms with E-state index in [1.807, 2.05) is 0 Å². The van der Waals surface area contributed by atoms with Crippen molar-refractivity contribution < 1.29 is 9.84 Å². The van der Waals surface area contributed by atoms with E-state index in [2.05, 4.69) is 28.5 Å². The van der Waals surface area contributed by atoms with Crippen molar-refractivity contribution in [2.24, 2.45) is 22.1 Å². The molecule has 0 radical (unpaired) electrons. The van der Waals surface area contributed by atoms with Crippen LogP contribution in [0.15, 0.2) is 23.2 Å². The van der Waals surface area contributed by atoms with Gasteiger partial charge in [0, 0.05) is 36.8 Å². The maximum Gasteiger partial charge on any atom is 0.193 e. The van der Waals surface area contributed by atoms with Crippen molar-refractivity contribution in [3.63, 3.8) is 0 Å². The number of ether oxygens (including phenoxy) is 1. The number of rotatable bonds is 3. The topological polar surface area (TPSA) is 79.9 Å². The van der Waals surface area contributed by atoms with E-state index in [1.165, 1.54) is 24.0 Å². The Morgan fingerprint density at radius 1 is 1.23 bits per heavy atom. The molecule has 142 valence electrons. The summed E-state index contributed by atoms with van der Waals surface area (Å²) in [4.78, 5) is 4.57. The summed E-state index contributed by atoms with van der Waals surface area (Å²) in [7, 11) is 0. The second kappa shape index (κ2) is 7.57. The zero-order valence-electron chi connectivity index (χ0n) is 15.5. The Labute approximate surface area is 156 Å². The Bertz CT molecular complexity index is 667. The lowest BCUT2D eigenvalue weighted by Crippen LogP contribution is -2.39. The number of benzene rings is 1. The first kappa shape index (κ1) is 17.8. The Morgan fingerprint density at radius 3 is 2.88 bits per heavy atom. The van der Waals surface area contributed by atoms with Gasteiger partial charge in [-0.15, -0.1) is 0 Å². The van der Waals surface area contributed by atoms with Gasteiger partial charge in [0.15, 0.2) is 5.96 Å². The van der Waals surface area contributed by atoms with Gasteiger partial charge in [0.25, 0.3) is 0 Å². The summed E-state index contributed by atoms with van der Waals surface area (Å²) in [5, 5.41) is 14.1. The van der Waals surface area contributed by atoms with Crippen LogP contribution in [0.1, 0.15) is 49.7 Å². The van der Waals surface area contributed by atoms with Gasteiger partial charge in [-0.3, -0.25) is 4.99 Å². The van der Waals surface area contributed by atoms with Gasteiger partial charge in [-0.1, -0.05) is 12.1 Å². The summed E-state index contributed by atoms with van der Waals surface area (Å²) in [6.45, 7) is 2.14. The van der Waals surface area contributed by atoms with E-state index in [-0.39, 0.29) is 17.4 Å². The van der Waals surface area contributed by atoms with Gasteiger partial charge in [0.2, 0.25) is 0 Å². The fraction of sp³-hybridized carbons (Fsp3) is 0.667. The number of aryl methyl sites for hydroxylation is 1. The summed E-state index contributed by atoms with van der Waals surface area (Å²) < 4.78 is 5.48. The number of guanidine groups is 1. The third kappa shape index (κ3) is 3.47. The van der Waals surface area contributed by atoms with E-state index < -0.39 is 0 Å². The predicted molar refractivity (Wildman–Crippen MR) is 104 cm³/mol. The molecule has 1 aromatic carbocycles. The molecule has 1 aliphatic heterocycles. The maximum absolute atomic E-state index is 10.8. The zero-order chi connectivity index (χ0) is 18.0. The number of hydrogen-bond acceptors (Lipinski definition) is 3. The molecule has 4 N–H and O–H groups in total. The van der Waals surface area contributed by atoms with Gasteiger partial charge in [-0.25, -0.2) is 0 Å². The minimum atomic E-state index is -0.285. The third-order valence-electron chi connectivity index (χ3n) is 6.73. The van der Waals surface area contributed by atoms with Crippen molar-refractivity contribution in [3.05, 3.63) is 29.3 Å². The average molecular weight is 357 g/mol. The molecule has 1 saturated carbocycles. The summed E-state index contributed by atoms with van der Waals surface area (Å²) in [6, 6.07) is 6.40. The van der Waals surface area contributed by atoms with Crippen LogP contribution in [0, 0.1) is 11.3 Å². The van der Waals surface area contributed by atoms with Crippen molar-refractivity contribution in [2.75, 3.05) is 25.1 Å². The highest BCUT2D eigenvalue weighted by Gasteiger charge is 2.47. The normalized spacial score (nSPS) is 28.1. The molecule has 2 atom stereocenters. The van der Waals surface area contributed by atoms with E-state index in [0.717, 1.165) is 57.4 Å². The lowest BCUT2D eigenvalue weighted by atomic mass is 9.76. The Morgan fingerprint density at radius 2 is 2.04 bits per heavy atom. The molecule has 4 rings (SSSR count). The number of aliphatic hydroxyl groups is 1. The first-order chi connectivity index (χ1) is 12.7. The van der Waals surface area contributed by atoms with Gasteiger partial charge in [-0.05, 0) is 68.6 Å². The van der Waals surface area contributed by atoms with E-state index in [1.54, 1.807) is 0 Å². The number of fused-ring (bicyclic) bond motifs is 1. The fourth-order valence-electron chi connectivity index (χ4n) is 5.08. The minimum Gasteiger partial charge on any atom is -0.392 e. The molecule has 26 heavy (non-hydrogen) atoms. The highest BCUT2D eigenvalue weighted by molar-refractivity contribution is 5.93. The molecule has 5 nitrogen and oxygen atoms in total. The number of aliphatic hydroxyl groups excluding tert-OH is 1. The largest absolute Gasteiger partial charge is 0.392 e. The Hall–Kier alpha value is -1.59. The predicted octanol–water partition coefficient (Wildman–Crippen LogP) is 2.86. The van der Waals surface area contributed by atoms with Crippen molar-refractivity contribution >= 4 is 11.6 Å². The second-order valence-electron chi connectivity index (χ2n) is 8.22. The van der Waals surface area contributed by atoms with Crippen molar-refractivity contribution in [1.29, 1.82) is 0 Å². The van der Waals surface area contributed by atoms with Crippen LogP contribution in [-0.4, -0.2) is 36.9 Å². The average Bonchev–Trinajstić information content (AvgIpc) is 2.96. The van der Waals surface area contributed by atoms with Gasteiger partial charge in [0.1, 0.15) is 0 Å². The molecule has 0 bridgehead atoms. The molecule has 0 amide bonds. The second-order valence-corrected chi connectivity index (χ2v) is 8.22. The number of anilines is 1. The van der Waals surface area contributed by atoms with Crippen LogP contribution in [-0.2, 0) is 17.6 Å². The van der Waals surface area contributed by atoms with E-state index in [0.29, 0.717) is 12.5 Å². The molecule has 1 aromatic rings. The van der Waals surface area contributed by atoms with Crippen LogP contribution in [0.2, 0.25) is 0 Å². The summed E-state index contributed by atoms with van der Waals surface area (Å²) in [6.07, 6.45) is 8.54. The molecule has 2 unspecified atom stereocenters. The minimum absolute atomic E-state index is 0.0547. The van der Waals surface area contributed by atoms with Crippen LogP contribution in [0.3, 0.4) is 0 Å². The summed E-state index contributed by atoms with van der Waals surface area (Å²) in [5.41, 5.74) is 10.1. The Kier molecular flexibility index (Phi) is 5.18. The highest BCUT2D eigenvalue weighted by Crippen LogP contribution is 2.48. The molecule has 2 fully saturated rings. The molecular formula is C21H31N3O2. The number of nitrogens with one attached hydrogen (secondary N) is 1. The number of nitrogens with zero attached hydrogens (tertiary/aromatic N) is 1. The number of hydrogen-bond donors (Lipinski definition) is 3. The first-order valence-corrected chi connectivity index (χ1v) is 10.1. The van der Waals surface area contributed by atoms with Crippen LogP contribution in [0.4, 0.5) is 5.69 Å². The zero-order valence-corrected chi connectivity index (χ0v) is 15.5. The summed E-state index contributed by atoms with van der Waals surface area (Å²) in [5.74, 6) is 0.669. The maximum atomic E-state index is 10.8. The molecule has 5 heteroatoms. The Balaban J connectivity index is 1.39. The number of nitrogens with two attached hydrogens (primary N) is 1. The van der Waals surface area contributed by atoms with Gasteiger partial charge < -0.3 is 20.9 Å². The quantitative estimate of drug-likeness (QED) is 0.574. The van der Waals surface area contributed by atoms with Gasteiger partial charge >= 0.3 is 0 Å². The van der Waals surface area contributed by atoms with Crippen molar-refractivity contribution in [2.45, 2.75) is 57.5 Å². The van der Waals surface area contributed by atoms with E-state index >= 15 is 0 Å². The first-order valence-electron chi connectivity index (χ1n) is 10.1. The van der Waals surface area contributed by atoms with Crippen LogP contribution >= 0.6 is 0 Å². The molecular weight excluding hydrogens is 326 g/mol. The van der Waals surface area contributed by atoms with Crippen LogP contribution < -0.4 is 11.1 Å². The monoisotopic (exact) mass is 357 g/mol. The van der Waals surface area contributed by atoms with Crippen LogP contribution in [0.5, 0.6) is 0 Å². The van der Waals surface area contributed by atoms with Crippen molar-refractivity contribution in [1.82, 2.24) is 0 Å². The molecule has 1 spiro atoms. The molecule has 1 heterocycles. The highest BCUT2D eigenvalue weighted by atomic mass is 16.5. The molecule has 3 aliphatic rings. The summed E-state index contributed by atoms with van der Waals surface area (Å²) >= 11 is 0. The lowest BCUT2D eigenvalue weighted by molar-refractivity contribution is -0.0548.